The van der Waals surface area contributed by atoms with E-state index in [2.05, 4.69) is 0 Å². The van der Waals surface area contributed by atoms with Crippen molar-refractivity contribution in [3.05, 3.63) is 143 Å². The first-order valence-corrected chi connectivity index (χ1v) is 15.0. The van der Waals surface area contributed by atoms with Gasteiger partial charge >= 0.3 is 0 Å². The summed E-state index contributed by atoms with van der Waals surface area (Å²) in [6, 6.07) is 32.6. The second-order valence-electron chi connectivity index (χ2n) is 9.44. The summed E-state index contributed by atoms with van der Waals surface area (Å²) >= 11 is 3.18. The molecule has 0 bridgehead atoms. The van der Waals surface area contributed by atoms with Crippen molar-refractivity contribution in [3.8, 4) is 0 Å². The maximum Gasteiger partial charge on any atom is 0.234 e. The van der Waals surface area contributed by atoms with Gasteiger partial charge in [-0.2, -0.15) is 0 Å². The quantitative estimate of drug-likeness (QED) is 0.244. The Bertz CT molecular complexity index is 1310. The molecular weight excluding hydrogens is 546 g/mol. The minimum absolute atomic E-state index is 0.0247. The zero-order chi connectivity index (χ0) is 27.9. The normalized spacial score (nSPS) is 18.6. The molecule has 0 saturated carbocycles. The number of hydrogen-bond acceptors (Lipinski definition) is 4. The van der Waals surface area contributed by atoms with Gasteiger partial charge in [-0.05, 0) is 46.5 Å². The molecule has 2 aliphatic heterocycles. The number of carbonyl (C=O) groups is 2. The Morgan fingerprint density at radius 3 is 1.25 bits per heavy atom. The van der Waals surface area contributed by atoms with E-state index in [0.29, 0.717) is 24.6 Å². The average Bonchev–Trinajstić information content (AvgIpc) is 3.53. The molecule has 2 fully saturated rings. The molecule has 40 heavy (non-hydrogen) atoms. The molecule has 204 valence electrons. The summed E-state index contributed by atoms with van der Waals surface area (Å²) in [5, 5.41) is -0.0494. The molecule has 2 heterocycles. The van der Waals surface area contributed by atoms with Gasteiger partial charge in [-0.25, -0.2) is 8.78 Å². The third kappa shape index (κ3) is 6.92. The first-order chi connectivity index (χ1) is 19.5. The van der Waals surface area contributed by atoms with Crippen molar-refractivity contribution in [2.75, 3.05) is 11.5 Å². The smallest absolute Gasteiger partial charge is 0.234 e. The minimum atomic E-state index is -0.252. The minimum Gasteiger partial charge on any atom is -0.322 e. The number of nitrogens with zero attached hydrogens (tertiary/aromatic N) is 2. The van der Waals surface area contributed by atoms with Crippen LogP contribution in [0.15, 0.2) is 109 Å². The number of rotatable bonds is 6. The van der Waals surface area contributed by atoms with Crippen molar-refractivity contribution >= 4 is 35.3 Å². The van der Waals surface area contributed by atoms with E-state index in [-0.39, 0.29) is 34.2 Å². The van der Waals surface area contributed by atoms with Gasteiger partial charge in [0.2, 0.25) is 11.8 Å². The highest BCUT2D eigenvalue weighted by Gasteiger charge is 2.33. The van der Waals surface area contributed by atoms with E-state index < -0.39 is 0 Å². The number of amides is 2. The van der Waals surface area contributed by atoms with Gasteiger partial charge < -0.3 is 9.80 Å². The molecule has 0 unspecified atom stereocenters. The van der Waals surface area contributed by atoms with Crippen molar-refractivity contribution < 1.29 is 18.4 Å². The Hall–Kier alpha value is -3.62. The van der Waals surface area contributed by atoms with Gasteiger partial charge in [-0.3, -0.25) is 9.59 Å². The standard InChI is InChI=1S/2C16H14FNOS/c2*17-14-8-6-13(7-9-14)16-18(15(19)11-20-16)10-12-4-2-1-3-5-12/h2*1-9,16H,10-11H2/t2*16-/m10/s1. The first-order valence-electron chi connectivity index (χ1n) is 12.9. The van der Waals surface area contributed by atoms with Gasteiger partial charge in [0.25, 0.3) is 0 Å². The molecule has 4 aromatic rings. The van der Waals surface area contributed by atoms with Crippen LogP contribution in [0.3, 0.4) is 0 Å². The number of carbonyl (C=O) groups excluding carboxylic acids is 2. The van der Waals surface area contributed by atoms with E-state index in [9.17, 15) is 18.4 Å². The molecule has 6 rings (SSSR count). The molecule has 0 aliphatic carbocycles. The summed E-state index contributed by atoms with van der Waals surface area (Å²) in [5.41, 5.74) is 4.15. The predicted octanol–water partition coefficient (Wildman–Crippen LogP) is 7.20. The van der Waals surface area contributed by atoms with Gasteiger partial charge in [-0.15, -0.1) is 23.5 Å². The monoisotopic (exact) mass is 574 g/mol. The van der Waals surface area contributed by atoms with E-state index in [0.717, 1.165) is 22.3 Å². The lowest BCUT2D eigenvalue weighted by Crippen LogP contribution is -2.27. The maximum absolute atomic E-state index is 13.0. The topological polar surface area (TPSA) is 40.6 Å². The van der Waals surface area contributed by atoms with Crippen molar-refractivity contribution in [2.24, 2.45) is 0 Å². The molecule has 0 aromatic heterocycles. The van der Waals surface area contributed by atoms with Crippen LogP contribution in [0.1, 0.15) is 33.0 Å². The number of hydrogen-bond donors (Lipinski definition) is 0. The molecular formula is C32H28F2N2O2S2. The summed E-state index contributed by atoms with van der Waals surface area (Å²) in [4.78, 5) is 27.8. The second-order valence-corrected chi connectivity index (χ2v) is 11.6. The molecule has 8 heteroatoms. The zero-order valence-electron chi connectivity index (χ0n) is 21.7. The number of benzene rings is 4. The lowest BCUT2D eigenvalue weighted by Gasteiger charge is -2.24. The van der Waals surface area contributed by atoms with Crippen LogP contribution < -0.4 is 0 Å². The van der Waals surface area contributed by atoms with Crippen molar-refractivity contribution in [1.82, 2.24) is 9.80 Å². The average molecular weight is 575 g/mol. The van der Waals surface area contributed by atoms with Crippen LogP contribution in [0.4, 0.5) is 8.78 Å². The zero-order valence-corrected chi connectivity index (χ0v) is 23.3. The van der Waals surface area contributed by atoms with E-state index in [1.54, 1.807) is 47.8 Å². The van der Waals surface area contributed by atoms with Gasteiger partial charge in [0.05, 0.1) is 11.5 Å². The van der Waals surface area contributed by atoms with E-state index >= 15 is 0 Å². The highest BCUT2D eigenvalue weighted by molar-refractivity contribution is 8.00. The van der Waals surface area contributed by atoms with Crippen molar-refractivity contribution in [1.29, 1.82) is 0 Å². The van der Waals surface area contributed by atoms with Crippen LogP contribution in [0.2, 0.25) is 0 Å². The third-order valence-corrected chi connectivity index (χ3v) is 9.15. The lowest BCUT2D eigenvalue weighted by atomic mass is 10.1. The fourth-order valence-corrected chi connectivity index (χ4v) is 6.99. The Morgan fingerprint density at radius 1 is 0.550 bits per heavy atom. The van der Waals surface area contributed by atoms with Gasteiger partial charge in [0, 0.05) is 13.1 Å². The van der Waals surface area contributed by atoms with Crippen LogP contribution in [0.25, 0.3) is 0 Å². The maximum atomic E-state index is 13.0. The molecule has 0 radical (unpaired) electrons. The predicted molar refractivity (Wildman–Crippen MR) is 157 cm³/mol. The van der Waals surface area contributed by atoms with Gasteiger partial charge in [-0.1, -0.05) is 84.9 Å². The van der Waals surface area contributed by atoms with Crippen LogP contribution in [0, 0.1) is 11.6 Å². The van der Waals surface area contributed by atoms with E-state index in [1.165, 1.54) is 24.3 Å². The Kier molecular flexibility index (Phi) is 9.19. The molecule has 0 N–H and O–H groups in total. The number of thioether (sulfide) groups is 2. The lowest BCUT2D eigenvalue weighted by molar-refractivity contribution is -0.129. The molecule has 4 nitrogen and oxygen atoms in total. The summed E-state index contributed by atoms with van der Waals surface area (Å²) in [5.74, 6) is 0.723. The molecule has 2 atom stereocenters. The SMILES string of the molecule is O=C1CS[C@@H](c2ccc(F)cc2)N1Cc1ccccc1.O=C1CS[C@H](c2ccc(F)cc2)N1Cc1ccccc1. The largest absolute Gasteiger partial charge is 0.322 e. The van der Waals surface area contributed by atoms with Crippen LogP contribution in [-0.4, -0.2) is 33.1 Å². The molecule has 4 aromatic carbocycles. The molecule has 2 aliphatic rings. The summed E-state index contributed by atoms with van der Waals surface area (Å²) in [7, 11) is 0. The fourth-order valence-electron chi connectivity index (χ4n) is 4.62. The highest BCUT2D eigenvalue weighted by Crippen LogP contribution is 2.40. The summed E-state index contributed by atoms with van der Waals surface area (Å²) in [6.07, 6.45) is 0. The number of halogens is 2. The Morgan fingerprint density at radius 2 is 0.900 bits per heavy atom. The van der Waals surface area contributed by atoms with Crippen molar-refractivity contribution in [2.45, 2.75) is 23.8 Å². The van der Waals surface area contributed by atoms with Gasteiger partial charge in [0.1, 0.15) is 22.4 Å². The van der Waals surface area contributed by atoms with Crippen LogP contribution in [0.5, 0.6) is 0 Å². The molecule has 0 spiro atoms. The summed E-state index contributed by atoms with van der Waals surface area (Å²) in [6.45, 7) is 1.18. The van der Waals surface area contributed by atoms with E-state index in [4.69, 9.17) is 0 Å². The Labute approximate surface area is 241 Å². The molecule has 2 saturated heterocycles. The van der Waals surface area contributed by atoms with Crippen LogP contribution >= 0.6 is 23.5 Å². The first kappa shape index (κ1) is 27.9. The summed E-state index contributed by atoms with van der Waals surface area (Å²) < 4.78 is 26.0. The molecule has 2 amide bonds. The fraction of sp³-hybridized carbons (Fsp3) is 0.188. The van der Waals surface area contributed by atoms with Crippen LogP contribution in [-0.2, 0) is 22.7 Å². The van der Waals surface area contributed by atoms with Crippen molar-refractivity contribution in [3.63, 3.8) is 0 Å². The highest BCUT2D eigenvalue weighted by atomic mass is 32.2. The second kappa shape index (κ2) is 13.2. The third-order valence-electron chi connectivity index (χ3n) is 6.64. The van der Waals surface area contributed by atoms with E-state index in [1.807, 2.05) is 70.5 Å². The Balaban J connectivity index is 0.000000161. The van der Waals surface area contributed by atoms with Gasteiger partial charge in [0.15, 0.2) is 0 Å².